The molecular weight excluding hydrogens is 416 g/mol. The summed E-state index contributed by atoms with van der Waals surface area (Å²) in [5, 5.41) is 3.03. The van der Waals surface area contributed by atoms with Gasteiger partial charge in [0.15, 0.2) is 0 Å². The van der Waals surface area contributed by atoms with Gasteiger partial charge in [-0.25, -0.2) is 4.98 Å². The van der Waals surface area contributed by atoms with Crippen molar-refractivity contribution in [3.63, 3.8) is 0 Å². The third-order valence-corrected chi connectivity index (χ3v) is 5.28. The normalized spacial score (nSPS) is 11.5. The van der Waals surface area contributed by atoms with Crippen LogP contribution in [0.25, 0.3) is 5.69 Å². The molecule has 0 radical (unpaired) electrons. The lowest BCUT2D eigenvalue weighted by atomic mass is 10.1. The summed E-state index contributed by atoms with van der Waals surface area (Å²) >= 11 is 0. The minimum atomic E-state index is -0.550. The van der Waals surface area contributed by atoms with Crippen LogP contribution in [0.15, 0.2) is 91.5 Å². The second-order valence-electron chi connectivity index (χ2n) is 7.61. The Hall–Kier alpha value is -4.39. The van der Waals surface area contributed by atoms with E-state index in [0.29, 0.717) is 16.9 Å². The van der Waals surface area contributed by atoms with Crippen molar-refractivity contribution in [3.8, 4) is 11.4 Å². The van der Waals surface area contributed by atoms with Crippen molar-refractivity contribution >= 4 is 11.8 Å². The third kappa shape index (κ3) is 5.27. The first-order chi connectivity index (χ1) is 16.0. The first-order valence-corrected chi connectivity index (χ1v) is 10.5. The summed E-state index contributed by atoms with van der Waals surface area (Å²) < 4.78 is 7.69. The number of carbonyl (C=O) groups is 2. The number of rotatable bonds is 8. The number of ether oxygens (including phenoxy) is 1. The molecule has 166 valence electrons. The molecule has 3 N–H and O–H groups in total. The predicted octanol–water partition coefficient (Wildman–Crippen LogP) is 4.04. The Morgan fingerprint density at radius 1 is 1.06 bits per heavy atom. The highest BCUT2D eigenvalue weighted by atomic mass is 16.5. The Bertz CT molecular complexity index is 1250. The number of nitrogens with zero attached hydrogens (tertiary/aromatic N) is 2. The summed E-state index contributed by atoms with van der Waals surface area (Å²) in [7, 11) is 0. The summed E-state index contributed by atoms with van der Waals surface area (Å²) in [6.45, 7) is 2.15. The molecule has 0 aliphatic heterocycles. The molecule has 0 aliphatic rings. The number of benzene rings is 3. The zero-order chi connectivity index (χ0) is 23.2. The second-order valence-corrected chi connectivity index (χ2v) is 7.61. The Kier molecular flexibility index (Phi) is 6.50. The van der Waals surface area contributed by atoms with Gasteiger partial charge in [0.05, 0.1) is 17.9 Å². The maximum absolute atomic E-state index is 12.8. The molecule has 7 heteroatoms. The van der Waals surface area contributed by atoms with Crippen LogP contribution in [0.1, 0.15) is 44.8 Å². The number of primary amides is 1. The molecular formula is C26H24N4O3. The molecule has 0 saturated carbocycles. The van der Waals surface area contributed by atoms with Gasteiger partial charge in [-0.05, 0) is 54.4 Å². The van der Waals surface area contributed by atoms with Crippen LogP contribution in [0.3, 0.4) is 0 Å². The monoisotopic (exact) mass is 440 g/mol. The van der Waals surface area contributed by atoms with Gasteiger partial charge >= 0.3 is 0 Å². The molecule has 0 fully saturated rings. The summed E-state index contributed by atoms with van der Waals surface area (Å²) in [4.78, 5) is 28.4. The number of nitrogens with one attached hydrogen (secondary N) is 1. The van der Waals surface area contributed by atoms with Crippen LogP contribution in [0.5, 0.6) is 5.75 Å². The molecule has 4 aromatic rings. The number of carbonyl (C=O) groups excluding carboxylic acids is 2. The van der Waals surface area contributed by atoms with Gasteiger partial charge in [0.25, 0.3) is 11.8 Å². The number of para-hydroxylation sites is 1. The highest BCUT2D eigenvalue weighted by molar-refractivity contribution is 5.95. The standard InChI is InChI=1S/C26H24N4O3/c1-18(20-9-11-22(12-10-20)30-14-13-28-17-30)29-26(32)21-6-4-5-19(15-21)16-33-24-8-3-2-7-23(24)25(27)31/h2-15,17-18H,16H2,1H3,(H2,27,31)(H,29,32). The Balaban J connectivity index is 1.40. The van der Waals surface area contributed by atoms with E-state index in [1.807, 2.05) is 48.0 Å². The summed E-state index contributed by atoms with van der Waals surface area (Å²) in [5.41, 5.74) is 9.05. The fourth-order valence-electron chi connectivity index (χ4n) is 3.47. The van der Waals surface area contributed by atoms with E-state index in [0.717, 1.165) is 16.8 Å². The molecule has 0 saturated heterocycles. The summed E-state index contributed by atoms with van der Waals surface area (Å²) in [5.74, 6) is -0.320. The van der Waals surface area contributed by atoms with E-state index < -0.39 is 5.91 Å². The molecule has 33 heavy (non-hydrogen) atoms. The summed E-state index contributed by atoms with van der Waals surface area (Å²) in [6, 6.07) is 21.8. The smallest absolute Gasteiger partial charge is 0.252 e. The molecule has 1 atom stereocenters. The lowest BCUT2D eigenvalue weighted by molar-refractivity contribution is 0.0938. The molecule has 7 nitrogen and oxygen atoms in total. The fraction of sp³-hybridized carbons (Fsp3) is 0.115. The van der Waals surface area contributed by atoms with E-state index in [1.165, 1.54) is 0 Å². The molecule has 0 spiro atoms. The van der Waals surface area contributed by atoms with Gasteiger partial charge in [-0.15, -0.1) is 0 Å². The van der Waals surface area contributed by atoms with Crippen molar-refractivity contribution in [2.75, 3.05) is 0 Å². The van der Waals surface area contributed by atoms with E-state index in [1.54, 1.807) is 55.0 Å². The second kappa shape index (κ2) is 9.82. The van der Waals surface area contributed by atoms with Gasteiger partial charge in [-0.2, -0.15) is 0 Å². The number of hydrogen-bond donors (Lipinski definition) is 2. The van der Waals surface area contributed by atoms with Gasteiger partial charge < -0.3 is 20.4 Å². The molecule has 1 aromatic heterocycles. The maximum atomic E-state index is 12.8. The maximum Gasteiger partial charge on any atom is 0.252 e. The van der Waals surface area contributed by atoms with Gasteiger partial charge in [0.2, 0.25) is 0 Å². The largest absolute Gasteiger partial charge is 0.488 e. The zero-order valence-electron chi connectivity index (χ0n) is 18.1. The van der Waals surface area contributed by atoms with E-state index in [4.69, 9.17) is 10.5 Å². The molecule has 0 aliphatic carbocycles. The minimum Gasteiger partial charge on any atom is -0.488 e. The van der Waals surface area contributed by atoms with Gasteiger partial charge in [-0.1, -0.05) is 36.4 Å². The first kappa shape index (κ1) is 21.8. The number of imidazole rings is 1. The molecule has 3 aromatic carbocycles. The van der Waals surface area contributed by atoms with E-state index in [2.05, 4.69) is 10.3 Å². The van der Waals surface area contributed by atoms with Crippen LogP contribution in [-0.4, -0.2) is 21.4 Å². The van der Waals surface area contributed by atoms with Crippen molar-refractivity contribution < 1.29 is 14.3 Å². The van der Waals surface area contributed by atoms with Crippen molar-refractivity contribution in [3.05, 3.63) is 114 Å². The van der Waals surface area contributed by atoms with Crippen molar-refractivity contribution in [1.29, 1.82) is 0 Å². The fourth-order valence-corrected chi connectivity index (χ4v) is 3.47. The predicted molar refractivity (Wildman–Crippen MR) is 125 cm³/mol. The van der Waals surface area contributed by atoms with Crippen molar-refractivity contribution in [1.82, 2.24) is 14.9 Å². The first-order valence-electron chi connectivity index (χ1n) is 10.5. The molecule has 2 amide bonds. The van der Waals surface area contributed by atoms with Crippen molar-refractivity contribution in [2.24, 2.45) is 5.73 Å². The number of hydrogen-bond acceptors (Lipinski definition) is 4. The van der Waals surface area contributed by atoms with Gasteiger partial charge in [0.1, 0.15) is 12.4 Å². The molecule has 0 bridgehead atoms. The lowest BCUT2D eigenvalue weighted by Gasteiger charge is -2.16. The Morgan fingerprint density at radius 3 is 2.58 bits per heavy atom. The Morgan fingerprint density at radius 2 is 1.85 bits per heavy atom. The average Bonchev–Trinajstić information content (AvgIpc) is 3.38. The quantitative estimate of drug-likeness (QED) is 0.432. The Labute approximate surface area is 191 Å². The highest BCUT2D eigenvalue weighted by Crippen LogP contribution is 2.20. The lowest BCUT2D eigenvalue weighted by Crippen LogP contribution is -2.26. The van der Waals surface area contributed by atoms with E-state index in [9.17, 15) is 9.59 Å². The zero-order valence-corrected chi connectivity index (χ0v) is 18.1. The molecule has 1 heterocycles. The van der Waals surface area contributed by atoms with Gasteiger partial charge in [0, 0.05) is 23.6 Å². The molecule has 4 rings (SSSR count). The molecule has 1 unspecified atom stereocenters. The van der Waals surface area contributed by atoms with Crippen LogP contribution >= 0.6 is 0 Å². The van der Waals surface area contributed by atoms with Crippen LogP contribution < -0.4 is 15.8 Å². The SMILES string of the molecule is CC(NC(=O)c1cccc(COc2ccccc2C(N)=O)c1)c1ccc(-n2ccnc2)cc1. The third-order valence-electron chi connectivity index (χ3n) is 5.28. The number of amides is 2. The van der Waals surface area contributed by atoms with Gasteiger partial charge in [-0.3, -0.25) is 9.59 Å². The highest BCUT2D eigenvalue weighted by Gasteiger charge is 2.13. The van der Waals surface area contributed by atoms with E-state index in [-0.39, 0.29) is 18.6 Å². The van der Waals surface area contributed by atoms with Crippen molar-refractivity contribution in [2.45, 2.75) is 19.6 Å². The topological polar surface area (TPSA) is 99.2 Å². The number of nitrogens with two attached hydrogens (primary N) is 1. The number of aromatic nitrogens is 2. The summed E-state index contributed by atoms with van der Waals surface area (Å²) in [6.07, 6.45) is 5.35. The minimum absolute atomic E-state index is 0.170. The van der Waals surface area contributed by atoms with E-state index >= 15 is 0 Å². The van der Waals surface area contributed by atoms with Crippen LogP contribution in [0.4, 0.5) is 0 Å². The van der Waals surface area contributed by atoms with Crippen LogP contribution in [-0.2, 0) is 6.61 Å². The average molecular weight is 441 g/mol. The van der Waals surface area contributed by atoms with Crippen LogP contribution in [0.2, 0.25) is 0 Å². The van der Waals surface area contributed by atoms with Crippen LogP contribution in [0, 0.1) is 0 Å².